The molecule has 0 aromatic heterocycles. The van der Waals surface area contributed by atoms with E-state index < -0.39 is 20.9 Å². The van der Waals surface area contributed by atoms with E-state index in [4.69, 9.17) is 0 Å². The van der Waals surface area contributed by atoms with Gasteiger partial charge in [0.1, 0.15) is 0 Å². The Morgan fingerprint density at radius 1 is 0.941 bits per heavy atom. The predicted octanol–water partition coefficient (Wildman–Crippen LogP) is 3.63. The summed E-state index contributed by atoms with van der Waals surface area (Å²) in [4.78, 5) is 22.9. The number of nitro groups is 1. The van der Waals surface area contributed by atoms with Crippen molar-refractivity contribution < 1.29 is 18.1 Å². The van der Waals surface area contributed by atoms with Gasteiger partial charge >= 0.3 is 0 Å². The van der Waals surface area contributed by atoms with Gasteiger partial charge in [-0.15, -0.1) is 0 Å². The van der Waals surface area contributed by atoms with Crippen LogP contribution in [0.3, 0.4) is 0 Å². The van der Waals surface area contributed by atoms with Crippen LogP contribution in [0.4, 0.5) is 5.69 Å². The molecule has 1 amide bonds. The van der Waals surface area contributed by atoms with Crippen molar-refractivity contribution >= 4 is 27.3 Å². The third kappa shape index (κ3) is 5.85. The monoisotopic (exact) mass is 480 g/mol. The molecule has 0 saturated heterocycles. The van der Waals surface area contributed by atoms with Crippen molar-refractivity contribution in [3.05, 3.63) is 112 Å². The first kappa shape index (κ1) is 24.6. The van der Waals surface area contributed by atoms with Crippen LogP contribution in [-0.2, 0) is 16.6 Å². The lowest BCUT2D eigenvalue weighted by Gasteiger charge is -2.17. The summed E-state index contributed by atoms with van der Waals surface area (Å²) in [6, 6.07) is 18.9. The Balaban J connectivity index is 1.58. The molecule has 10 heteroatoms. The van der Waals surface area contributed by atoms with Gasteiger partial charge in [-0.2, -0.15) is 4.31 Å². The maximum atomic E-state index is 12.8. The summed E-state index contributed by atoms with van der Waals surface area (Å²) in [5.74, 6) is -0.421. The Kier molecular flexibility index (Phi) is 7.44. The summed E-state index contributed by atoms with van der Waals surface area (Å²) in [5, 5.41) is 10.7. The van der Waals surface area contributed by atoms with Crippen molar-refractivity contribution in [2.24, 2.45) is 0 Å². The number of aryl methyl sites for hydroxylation is 1. The Hall–Kier alpha value is -4.02. The van der Waals surface area contributed by atoms with E-state index in [-0.39, 0.29) is 17.1 Å². The third-order valence-electron chi connectivity index (χ3n) is 5.10. The second-order valence-corrected chi connectivity index (χ2v) is 9.68. The molecular formula is C24H24N4O5S. The average molecular weight is 481 g/mol. The Labute approximate surface area is 197 Å². The number of nitrogens with zero attached hydrogens (tertiary/aromatic N) is 2. The summed E-state index contributed by atoms with van der Waals surface area (Å²) in [6.07, 6.45) is 0. The van der Waals surface area contributed by atoms with Crippen LogP contribution in [0.2, 0.25) is 0 Å². The van der Waals surface area contributed by atoms with Crippen molar-refractivity contribution in [1.82, 2.24) is 15.2 Å². The van der Waals surface area contributed by atoms with E-state index in [1.54, 1.807) is 48.5 Å². The molecule has 0 aliphatic carbocycles. The second-order valence-electron chi connectivity index (χ2n) is 7.63. The van der Waals surface area contributed by atoms with Gasteiger partial charge in [-0.1, -0.05) is 36.4 Å². The third-order valence-corrected chi connectivity index (χ3v) is 6.92. The zero-order valence-corrected chi connectivity index (χ0v) is 19.5. The number of nitro benzene ring substituents is 1. The van der Waals surface area contributed by atoms with E-state index in [0.717, 1.165) is 11.1 Å². The summed E-state index contributed by atoms with van der Waals surface area (Å²) in [6.45, 7) is 5.84. The van der Waals surface area contributed by atoms with E-state index in [0.29, 0.717) is 16.8 Å². The number of rotatable bonds is 9. The minimum Gasteiger partial charge on any atom is -0.298 e. The fourth-order valence-electron chi connectivity index (χ4n) is 3.05. The summed E-state index contributed by atoms with van der Waals surface area (Å²) < 4.78 is 26.8. The fourth-order valence-corrected chi connectivity index (χ4v) is 4.21. The number of hydrazine groups is 1. The lowest BCUT2D eigenvalue weighted by atomic mass is 10.1. The van der Waals surface area contributed by atoms with Gasteiger partial charge in [-0.3, -0.25) is 25.8 Å². The molecule has 0 radical (unpaired) electrons. The molecule has 2 N–H and O–H groups in total. The number of carbonyl (C=O) groups excluding carboxylic acids is 1. The van der Waals surface area contributed by atoms with Gasteiger partial charge in [0.2, 0.25) is 10.0 Å². The molecule has 0 saturated carbocycles. The zero-order valence-electron chi connectivity index (χ0n) is 18.7. The number of hydrogen-bond donors (Lipinski definition) is 2. The number of sulfonamides is 1. The Bertz CT molecular complexity index is 1300. The molecule has 0 aliphatic heterocycles. The van der Waals surface area contributed by atoms with Gasteiger partial charge in [-0.05, 0) is 54.4 Å². The minimum absolute atomic E-state index is 0.0435. The predicted molar refractivity (Wildman–Crippen MR) is 129 cm³/mol. The number of non-ortho nitro benzene ring substituents is 1. The maximum absolute atomic E-state index is 12.8. The molecule has 0 fully saturated rings. The van der Waals surface area contributed by atoms with Crippen LogP contribution in [0.1, 0.15) is 27.0 Å². The molecule has 0 unspecified atom stereocenters. The number of benzene rings is 3. The molecule has 9 nitrogen and oxygen atoms in total. The van der Waals surface area contributed by atoms with E-state index >= 15 is 0 Å². The van der Waals surface area contributed by atoms with Crippen LogP contribution in [0.15, 0.2) is 84.3 Å². The first-order chi connectivity index (χ1) is 16.1. The van der Waals surface area contributed by atoms with E-state index in [1.165, 1.54) is 35.6 Å². The topological polar surface area (TPSA) is 122 Å². The van der Waals surface area contributed by atoms with Crippen molar-refractivity contribution in [3.63, 3.8) is 0 Å². The van der Waals surface area contributed by atoms with E-state index in [9.17, 15) is 23.3 Å². The summed E-state index contributed by atoms with van der Waals surface area (Å²) in [5.41, 5.74) is 8.15. The zero-order chi connectivity index (χ0) is 24.9. The van der Waals surface area contributed by atoms with Gasteiger partial charge < -0.3 is 0 Å². The second kappa shape index (κ2) is 10.3. The SMILES string of the molecule is C=C(NNC(=O)c1ccc(CN(C)S(=O)(=O)c2ccc(C)cc2)cc1)c1ccc([N+](=O)[O-])cc1. The number of nitrogens with one attached hydrogen (secondary N) is 2. The molecule has 3 rings (SSSR count). The van der Waals surface area contributed by atoms with Gasteiger partial charge in [0.15, 0.2) is 0 Å². The van der Waals surface area contributed by atoms with E-state index in [1.807, 2.05) is 6.92 Å². The highest BCUT2D eigenvalue weighted by Gasteiger charge is 2.20. The van der Waals surface area contributed by atoms with Gasteiger partial charge in [0.25, 0.3) is 11.6 Å². The van der Waals surface area contributed by atoms with Crippen LogP contribution in [-0.4, -0.2) is 30.6 Å². The Morgan fingerprint density at radius 3 is 2.06 bits per heavy atom. The molecule has 0 spiro atoms. The molecule has 0 heterocycles. The molecule has 0 atom stereocenters. The number of hydrogen-bond acceptors (Lipinski definition) is 6. The molecule has 34 heavy (non-hydrogen) atoms. The van der Waals surface area contributed by atoms with Crippen LogP contribution in [0.5, 0.6) is 0 Å². The molecule has 0 bridgehead atoms. The van der Waals surface area contributed by atoms with Crippen LogP contribution < -0.4 is 10.9 Å². The lowest BCUT2D eigenvalue weighted by molar-refractivity contribution is -0.384. The van der Waals surface area contributed by atoms with Gasteiger partial charge in [0.05, 0.1) is 15.5 Å². The maximum Gasteiger partial charge on any atom is 0.269 e. The highest BCUT2D eigenvalue weighted by Crippen LogP contribution is 2.18. The first-order valence-corrected chi connectivity index (χ1v) is 11.6. The highest BCUT2D eigenvalue weighted by atomic mass is 32.2. The quantitative estimate of drug-likeness (QED) is 0.356. The van der Waals surface area contributed by atoms with Crippen molar-refractivity contribution in [3.8, 4) is 0 Å². The fraction of sp³-hybridized carbons (Fsp3) is 0.125. The van der Waals surface area contributed by atoms with Gasteiger partial charge in [0, 0.05) is 31.3 Å². The number of carbonyl (C=O) groups is 1. The van der Waals surface area contributed by atoms with E-state index in [2.05, 4.69) is 17.4 Å². The molecule has 0 aliphatic rings. The largest absolute Gasteiger partial charge is 0.298 e. The van der Waals surface area contributed by atoms with Crippen molar-refractivity contribution in [1.29, 1.82) is 0 Å². The Morgan fingerprint density at radius 2 is 1.50 bits per heavy atom. The van der Waals surface area contributed by atoms with Crippen LogP contribution >= 0.6 is 0 Å². The summed E-state index contributed by atoms with van der Waals surface area (Å²) >= 11 is 0. The summed E-state index contributed by atoms with van der Waals surface area (Å²) in [7, 11) is -2.13. The smallest absolute Gasteiger partial charge is 0.269 e. The van der Waals surface area contributed by atoms with Crippen LogP contribution in [0, 0.1) is 17.0 Å². The first-order valence-electron chi connectivity index (χ1n) is 10.2. The van der Waals surface area contributed by atoms with Crippen molar-refractivity contribution in [2.45, 2.75) is 18.4 Å². The average Bonchev–Trinajstić information content (AvgIpc) is 2.83. The van der Waals surface area contributed by atoms with Crippen LogP contribution in [0.25, 0.3) is 5.70 Å². The number of amides is 1. The lowest BCUT2D eigenvalue weighted by Crippen LogP contribution is -2.35. The molecule has 3 aromatic carbocycles. The molecule has 176 valence electrons. The molecule has 3 aromatic rings. The van der Waals surface area contributed by atoms with Crippen molar-refractivity contribution in [2.75, 3.05) is 7.05 Å². The molecular weight excluding hydrogens is 456 g/mol. The highest BCUT2D eigenvalue weighted by molar-refractivity contribution is 7.89. The normalized spacial score (nSPS) is 11.1. The van der Waals surface area contributed by atoms with Gasteiger partial charge in [-0.25, -0.2) is 8.42 Å². The minimum atomic E-state index is -3.64. The standard InChI is InChI=1S/C24H24N4O5S/c1-17-4-14-23(15-5-17)34(32,33)27(3)16-19-6-8-21(9-7-19)24(29)26-25-18(2)20-10-12-22(13-11-20)28(30)31/h4-15,25H,2,16H2,1,3H3,(H,26,29).